The number of hydrogen-bond donors (Lipinski definition) is 3. The highest BCUT2D eigenvalue weighted by Gasteiger charge is 2.06. The Bertz CT molecular complexity index is 560. The molecule has 3 N–H and O–H groups in total. The number of nitrogens with one attached hydrogen (secondary N) is 3. The van der Waals surface area contributed by atoms with Crippen molar-refractivity contribution >= 4 is 21.9 Å². The zero-order valence-corrected chi connectivity index (χ0v) is 12.3. The molecule has 1 aromatic carbocycles. The molecule has 0 aliphatic carbocycles. The number of benzene rings is 1. The molecule has 0 amide bonds. The van der Waals surface area contributed by atoms with E-state index in [0.29, 0.717) is 18.3 Å². The third-order valence-corrected chi connectivity index (χ3v) is 3.05. The maximum atomic E-state index is 4.42. The summed E-state index contributed by atoms with van der Waals surface area (Å²) >= 11 is 3.40. The molecular formula is C12H15BrN6. The Morgan fingerprint density at radius 2 is 2.11 bits per heavy atom. The molecule has 2 rings (SSSR count). The van der Waals surface area contributed by atoms with E-state index in [2.05, 4.69) is 46.7 Å². The topological polar surface area (TPSA) is 78.0 Å². The molecule has 19 heavy (non-hydrogen) atoms. The molecule has 0 radical (unpaired) electrons. The van der Waals surface area contributed by atoms with Gasteiger partial charge in [0.15, 0.2) is 11.8 Å². The summed E-state index contributed by atoms with van der Waals surface area (Å²) in [6.07, 6.45) is 0. The Morgan fingerprint density at radius 1 is 1.37 bits per heavy atom. The van der Waals surface area contributed by atoms with Crippen molar-refractivity contribution in [3.8, 4) is 11.4 Å². The molecular weight excluding hydrogens is 308 g/mol. The molecule has 6 nitrogen and oxygen atoms in total. The molecule has 0 atom stereocenters. The van der Waals surface area contributed by atoms with Crippen LogP contribution in [-0.4, -0.2) is 35.2 Å². The molecule has 1 heterocycles. The third-order valence-electron chi connectivity index (χ3n) is 2.52. The lowest BCUT2D eigenvalue weighted by Gasteiger charge is -2.05. The lowest BCUT2D eigenvalue weighted by Crippen LogP contribution is -2.34. The van der Waals surface area contributed by atoms with Crippen LogP contribution in [0.4, 0.5) is 0 Å². The maximum absolute atomic E-state index is 4.42. The largest absolute Gasteiger partial charge is 0.359 e. The third kappa shape index (κ3) is 3.54. The molecule has 0 saturated heterocycles. The quantitative estimate of drug-likeness (QED) is 0.591. The van der Waals surface area contributed by atoms with E-state index in [1.54, 1.807) is 7.05 Å². The van der Waals surface area contributed by atoms with Crippen molar-refractivity contribution in [3.63, 3.8) is 0 Å². The van der Waals surface area contributed by atoms with E-state index >= 15 is 0 Å². The maximum Gasteiger partial charge on any atom is 0.191 e. The van der Waals surface area contributed by atoms with Crippen molar-refractivity contribution in [2.75, 3.05) is 14.1 Å². The minimum atomic E-state index is 0.539. The van der Waals surface area contributed by atoms with E-state index in [1.807, 2.05) is 31.3 Å². The van der Waals surface area contributed by atoms with Gasteiger partial charge in [0.05, 0.1) is 6.54 Å². The number of aromatic amines is 1. The molecule has 100 valence electrons. The lowest BCUT2D eigenvalue weighted by molar-refractivity contribution is 0.805. The Labute approximate surface area is 119 Å². The normalized spacial score (nSPS) is 11.4. The van der Waals surface area contributed by atoms with Crippen LogP contribution in [0.3, 0.4) is 0 Å². The Hall–Kier alpha value is -1.89. The highest BCUT2D eigenvalue weighted by atomic mass is 79.9. The van der Waals surface area contributed by atoms with Crippen LogP contribution in [-0.2, 0) is 6.54 Å². The summed E-state index contributed by atoms with van der Waals surface area (Å²) in [6.45, 7) is 0.539. The van der Waals surface area contributed by atoms with Crippen LogP contribution in [0.25, 0.3) is 11.4 Å². The first-order valence-electron chi connectivity index (χ1n) is 5.78. The average molecular weight is 323 g/mol. The second-order valence-corrected chi connectivity index (χ2v) is 4.70. The molecule has 0 saturated carbocycles. The van der Waals surface area contributed by atoms with Gasteiger partial charge < -0.3 is 10.6 Å². The van der Waals surface area contributed by atoms with Crippen LogP contribution in [0.2, 0.25) is 0 Å². The Morgan fingerprint density at radius 3 is 2.74 bits per heavy atom. The molecule has 7 heteroatoms. The first-order valence-corrected chi connectivity index (χ1v) is 6.58. The smallest absolute Gasteiger partial charge is 0.191 e. The van der Waals surface area contributed by atoms with Crippen molar-refractivity contribution in [2.45, 2.75) is 6.54 Å². The minimum absolute atomic E-state index is 0.539. The lowest BCUT2D eigenvalue weighted by atomic mass is 10.2. The van der Waals surface area contributed by atoms with Gasteiger partial charge in [-0.15, -0.1) is 0 Å². The molecule has 0 spiro atoms. The van der Waals surface area contributed by atoms with Gasteiger partial charge in [-0.2, -0.15) is 5.10 Å². The fourth-order valence-corrected chi connectivity index (χ4v) is 1.81. The number of nitrogens with zero attached hydrogens (tertiary/aromatic N) is 3. The number of H-pyrrole nitrogens is 1. The second-order valence-electron chi connectivity index (χ2n) is 3.79. The van der Waals surface area contributed by atoms with Crippen molar-refractivity contribution in [1.29, 1.82) is 0 Å². The molecule has 0 fully saturated rings. The second kappa shape index (κ2) is 6.33. The number of guanidine groups is 1. The predicted octanol–water partition coefficient (Wildman–Crippen LogP) is 1.53. The van der Waals surface area contributed by atoms with Crippen LogP contribution < -0.4 is 10.6 Å². The SMILES string of the molecule is CN=C(NC)NCc1nc(-c2ccc(Br)cc2)n[nH]1. The van der Waals surface area contributed by atoms with Gasteiger partial charge in [0, 0.05) is 24.1 Å². The standard InChI is InChI=1S/C12H15BrN6/c1-14-12(15-2)16-7-10-17-11(19-18-10)8-3-5-9(13)6-4-8/h3-6H,7H2,1-2H3,(H2,14,15,16)(H,17,18,19). The van der Waals surface area contributed by atoms with Gasteiger partial charge in [-0.1, -0.05) is 28.1 Å². The Balaban J connectivity index is 2.05. The summed E-state index contributed by atoms with van der Waals surface area (Å²) in [5, 5.41) is 13.1. The van der Waals surface area contributed by atoms with Crippen LogP contribution in [0.1, 0.15) is 5.82 Å². The van der Waals surface area contributed by atoms with Crippen molar-refractivity contribution in [2.24, 2.45) is 4.99 Å². The summed E-state index contributed by atoms with van der Waals surface area (Å²) in [5.41, 5.74) is 0.976. The van der Waals surface area contributed by atoms with Crippen molar-refractivity contribution in [3.05, 3.63) is 34.6 Å². The fraction of sp³-hybridized carbons (Fsp3) is 0.250. The van der Waals surface area contributed by atoms with Crippen LogP contribution >= 0.6 is 15.9 Å². The average Bonchev–Trinajstić information content (AvgIpc) is 2.89. The Kier molecular flexibility index (Phi) is 4.51. The van der Waals surface area contributed by atoms with Gasteiger partial charge in [-0.05, 0) is 12.1 Å². The summed E-state index contributed by atoms with van der Waals surface area (Å²) in [4.78, 5) is 8.45. The highest BCUT2D eigenvalue weighted by molar-refractivity contribution is 9.10. The molecule has 0 aliphatic heterocycles. The van der Waals surface area contributed by atoms with E-state index in [-0.39, 0.29) is 0 Å². The van der Waals surface area contributed by atoms with Crippen LogP contribution in [0, 0.1) is 0 Å². The van der Waals surface area contributed by atoms with Crippen molar-refractivity contribution in [1.82, 2.24) is 25.8 Å². The monoisotopic (exact) mass is 322 g/mol. The van der Waals surface area contributed by atoms with E-state index in [0.717, 1.165) is 15.9 Å². The first kappa shape index (κ1) is 13.5. The predicted molar refractivity (Wildman–Crippen MR) is 78.8 cm³/mol. The fourth-order valence-electron chi connectivity index (χ4n) is 1.55. The number of hydrogen-bond acceptors (Lipinski definition) is 3. The molecule has 0 bridgehead atoms. The zero-order valence-electron chi connectivity index (χ0n) is 10.7. The number of rotatable bonds is 3. The summed E-state index contributed by atoms with van der Waals surface area (Å²) in [5.74, 6) is 2.15. The van der Waals surface area contributed by atoms with Gasteiger partial charge in [0.2, 0.25) is 0 Å². The van der Waals surface area contributed by atoms with E-state index < -0.39 is 0 Å². The zero-order chi connectivity index (χ0) is 13.7. The number of aliphatic imine (C=N–C) groups is 1. The summed E-state index contributed by atoms with van der Waals surface area (Å²) in [6, 6.07) is 7.87. The van der Waals surface area contributed by atoms with Crippen LogP contribution in [0.15, 0.2) is 33.7 Å². The highest BCUT2D eigenvalue weighted by Crippen LogP contribution is 2.17. The molecule has 1 aromatic heterocycles. The van der Waals surface area contributed by atoms with Gasteiger partial charge in [-0.3, -0.25) is 10.1 Å². The molecule has 0 aliphatic rings. The molecule has 0 unspecified atom stereocenters. The number of halogens is 1. The van der Waals surface area contributed by atoms with Gasteiger partial charge in [0.25, 0.3) is 0 Å². The first-order chi connectivity index (χ1) is 9.22. The van der Waals surface area contributed by atoms with Gasteiger partial charge >= 0.3 is 0 Å². The van der Waals surface area contributed by atoms with Gasteiger partial charge in [-0.25, -0.2) is 4.98 Å². The van der Waals surface area contributed by atoms with E-state index in [1.165, 1.54) is 0 Å². The van der Waals surface area contributed by atoms with Gasteiger partial charge in [0.1, 0.15) is 5.82 Å². The van der Waals surface area contributed by atoms with E-state index in [4.69, 9.17) is 0 Å². The van der Waals surface area contributed by atoms with E-state index in [9.17, 15) is 0 Å². The summed E-state index contributed by atoms with van der Waals surface area (Å²) < 4.78 is 1.03. The number of aromatic nitrogens is 3. The van der Waals surface area contributed by atoms with Crippen molar-refractivity contribution < 1.29 is 0 Å². The summed E-state index contributed by atoms with van der Waals surface area (Å²) in [7, 11) is 3.52. The molecule has 2 aromatic rings. The minimum Gasteiger partial charge on any atom is -0.359 e. The van der Waals surface area contributed by atoms with Crippen LogP contribution in [0.5, 0.6) is 0 Å².